The molecule has 17 heavy (non-hydrogen) atoms. The lowest BCUT2D eigenvalue weighted by molar-refractivity contribution is 0.0336. The molecule has 1 N–H and O–H groups in total. The first-order valence-corrected chi connectivity index (χ1v) is 6.47. The van der Waals surface area contributed by atoms with Gasteiger partial charge in [0.1, 0.15) is 0 Å². The molecule has 94 valence electrons. The number of aliphatic hydroxyl groups is 1. The van der Waals surface area contributed by atoms with E-state index in [4.69, 9.17) is 11.6 Å². The van der Waals surface area contributed by atoms with Crippen LogP contribution in [0.2, 0.25) is 5.02 Å². The van der Waals surface area contributed by atoms with Gasteiger partial charge in [-0.3, -0.25) is 0 Å². The molecule has 0 amide bonds. The zero-order valence-electron chi connectivity index (χ0n) is 10.7. The van der Waals surface area contributed by atoms with Crippen molar-refractivity contribution in [3.05, 3.63) is 28.8 Å². The Morgan fingerprint density at radius 2 is 2.12 bits per heavy atom. The van der Waals surface area contributed by atoms with Gasteiger partial charge >= 0.3 is 0 Å². The molecule has 2 nitrogen and oxygen atoms in total. The number of aliphatic hydroxyl groups excluding tert-OH is 1. The second kappa shape index (κ2) is 4.51. The number of piperidine rings is 1. The fourth-order valence-corrected chi connectivity index (χ4v) is 2.52. The molecular formula is C14H20ClNO. The maximum atomic E-state index is 9.95. The molecule has 3 heteroatoms. The van der Waals surface area contributed by atoms with E-state index in [1.165, 1.54) is 0 Å². The van der Waals surface area contributed by atoms with Gasteiger partial charge in [0.05, 0.1) is 6.10 Å². The van der Waals surface area contributed by atoms with Crippen LogP contribution in [-0.2, 0) is 0 Å². The molecule has 1 aromatic rings. The molecule has 2 rings (SSSR count). The lowest BCUT2D eigenvalue weighted by atomic mass is 9.81. The van der Waals surface area contributed by atoms with Gasteiger partial charge in [-0.2, -0.15) is 0 Å². The van der Waals surface area contributed by atoms with E-state index in [9.17, 15) is 5.11 Å². The van der Waals surface area contributed by atoms with Crippen LogP contribution in [0.5, 0.6) is 0 Å². The third kappa shape index (κ3) is 2.58. The quantitative estimate of drug-likeness (QED) is 0.831. The molecule has 1 unspecified atom stereocenters. The summed E-state index contributed by atoms with van der Waals surface area (Å²) in [5, 5.41) is 10.8. The van der Waals surface area contributed by atoms with E-state index >= 15 is 0 Å². The highest BCUT2D eigenvalue weighted by atomic mass is 35.5. The molecule has 0 saturated carbocycles. The van der Waals surface area contributed by atoms with E-state index < -0.39 is 0 Å². The number of nitrogens with zero attached hydrogens (tertiary/aromatic N) is 1. The number of rotatable bonds is 1. The van der Waals surface area contributed by atoms with Gasteiger partial charge in [-0.1, -0.05) is 31.5 Å². The van der Waals surface area contributed by atoms with Gasteiger partial charge in [0.25, 0.3) is 0 Å². The molecule has 1 atom stereocenters. The maximum Gasteiger partial charge on any atom is 0.0624 e. The van der Waals surface area contributed by atoms with E-state index in [-0.39, 0.29) is 11.5 Å². The summed E-state index contributed by atoms with van der Waals surface area (Å²) in [6.07, 6.45) is 0.609. The van der Waals surface area contributed by atoms with Crippen molar-refractivity contribution in [3.63, 3.8) is 0 Å². The summed E-state index contributed by atoms with van der Waals surface area (Å²) in [4.78, 5) is 2.30. The lowest BCUT2D eigenvalue weighted by Gasteiger charge is -2.43. The van der Waals surface area contributed by atoms with Gasteiger partial charge in [0.2, 0.25) is 0 Å². The van der Waals surface area contributed by atoms with E-state index in [0.717, 1.165) is 35.8 Å². The van der Waals surface area contributed by atoms with Crippen LogP contribution in [-0.4, -0.2) is 24.3 Å². The van der Waals surface area contributed by atoms with Gasteiger partial charge in [-0.05, 0) is 31.0 Å². The Morgan fingerprint density at radius 3 is 2.71 bits per heavy atom. The second-order valence-electron chi connectivity index (χ2n) is 5.65. The maximum absolute atomic E-state index is 9.95. The van der Waals surface area contributed by atoms with Crippen molar-refractivity contribution >= 4 is 17.3 Å². The summed E-state index contributed by atoms with van der Waals surface area (Å²) in [5.74, 6) is 0. The normalized spacial score (nSPS) is 23.8. The van der Waals surface area contributed by atoms with Crippen LogP contribution in [0.1, 0.15) is 25.8 Å². The minimum absolute atomic E-state index is 0.0599. The summed E-state index contributed by atoms with van der Waals surface area (Å²) in [6.45, 7) is 7.99. The number of aryl methyl sites for hydroxylation is 1. The Kier molecular flexibility index (Phi) is 3.37. The molecule has 1 aliphatic rings. The standard InChI is InChI=1S/C14H20ClNO/c1-10-4-5-11(8-12(10)15)16-7-6-13(17)14(2,3)9-16/h4-5,8,13,17H,6-7,9H2,1-3H3. The zero-order valence-corrected chi connectivity index (χ0v) is 11.5. The van der Waals surface area contributed by atoms with Gasteiger partial charge in [-0.25, -0.2) is 0 Å². The van der Waals surface area contributed by atoms with Crippen LogP contribution in [0.4, 0.5) is 5.69 Å². The summed E-state index contributed by atoms with van der Waals surface area (Å²) in [6, 6.07) is 6.18. The van der Waals surface area contributed by atoms with Gasteiger partial charge in [0.15, 0.2) is 0 Å². The van der Waals surface area contributed by atoms with E-state index in [2.05, 4.69) is 30.9 Å². The molecule has 1 aliphatic heterocycles. The monoisotopic (exact) mass is 253 g/mol. The molecule has 1 saturated heterocycles. The average molecular weight is 254 g/mol. The van der Waals surface area contributed by atoms with Crippen LogP contribution in [0, 0.1) is 12.3 Å². The third-order valence-electron chi connectivity index (χ3n) is 3.69. The molecule has 0 aromatic heterocycles. The fraction of sp³-hybridized carbons (Fsp3) is 0.571. The predicted molar refractivity (Wildman–Crippen MR) is 72.8 cm³/mol. The summed E-state index contributed by atoms with van der Waals surface area (Å²) < 4.78 is 0. The van der Waals surface area contributed by atoms with Crippen molar-refractivity contribution in [2.45, 2.75) is 33.3 Å². The van der Waals surface area contributed by atoms with Gasteiger partial charge in [0, 0.05) is 29.2 Å². The minimum Gasteiger partial charge on any atom is -0.392 e. The third-order valence-corrected chi connectivity index (χ3v) is 4.10. The fourth-order valence-electron chi connectivity index (χ4n) is 2.34. The van der Waals surface area contributed by atoms with Crippen molar-refractivity contribution < 1.29 is 5.11 Å². The lowest BCUT2D eigenvalue weighted by Crippen LogP contribution is -2.48. The van der Waals surface area contributed by atoms with Crippen molar-refractivity contribution in [1.82, 2.24) is 0 Å². The van der Waals surface area contributed by atoms with Crippen LogP contribution < -0.4 is 4.90 Å². The minimum atomic E-state index is -0.209. The molecular weight excluding hydrogens is 234 g/mol. The highest BCUT2D eigenvalue weighted by molar-refractivity contribution is 6.31. The molecule has 0 bridgehead atoms. The summed E-state index contributed by atoms with van der Waals surface area (Å²) >= 11 is 6.16. The molecule has 0 radical (unpaired) electrons. The Morgan fingerprint density at radius 1 is 1.41 bits per heavy atom. The highest BCUT2D eigenvalue weighted by Gasteiger charge is 2.34. The van der Waals surface area contributed by atoms with E-state index in [0.29, 0.717) is 0 Å². The first-order chi connectivity index (χ1) is 7.90. The summed E-state index contributed by atoms with van der Waals surface area (Å²) in [5.41, 5.74) is 2.20. The second-order valence-corrected chi connectivity index (χ2v) is 6.06. The Hall–Kier alpha value is -0.730. The number of halogens is 1. The molecule has 1 heterocycles. The largest absolute Gasteiger partial charge is 0.392 e. The zero-order chi connectivity index (χ0) is 12.6. The van der Waals surface area contributed by atoms with Crippen LogP contribution in [0.25, 0.3) is 0 Å². The SMILES string of the molecule is Cc1ccc(N2CCC(O)C(C)(C)C2)cc1Cl. The molecule has 0 spiro atoms. The van der Waals surface area contributed by atoms with Crippen LogP contribution in [0.15, 0.2) is 18.2 Å². The predicted octanol–water partition coefficient (Wildman–Crippen LogP) is 3.25. The average Bonchev–Trinajstić information content (AvgIpc) is 2.26. The van der Waals surface area contributed by atoms with Crippen LogP contribution in [0.3, 0.4) is 0 Å². The highest BCUT2D eigenvalue weighted by Crippen LogP contribution is 2.33. The van der Waals surface area contributed by atoms with Crippen molar-refractivity contribution in [2.24, 2.45) is 5.41 Å². The topological polar surface area (TPSA) is 23.5 Å². The van der Waals surface area contributed by atoms with Crippen LogP contribution >= 0.6 is 11.6 Å². The Labute approximate surface area is 108 Å². The van der Waals surface area contributed by atoms with E-state index in [1.54, 1.807) is 0 Å². The molecule has 1 fully saturated rings. The Bertz CT molecular complexity index is 417. The molecule has 1 aromatic carbocycles. The van der Waals surface area contributed by atoms with Crippen molar-refractivity contribution in [3.8, 4) is 0 Å². The first kappa shape index (κ1) is 12.7. The number of benzene rings is 1. The first-order valence-electron chi connectivity index (χ1n) is 6.09. The number of hydrogen-bond acceptors (Lipinski definition) is 2. The van der Waals surface area contributed by atoms with Gasteiger partial charge < -0.3 is 10.0 Å². The number of hydrogen-bond donors (Lipinski definition) is 1. The molecule has 0 aliphatic carbocycles. The van der Waals surface area contributed by atoms with Crippen molar-refractivity contribution in [1.29, 1.82) is 0 Å². The Balaban J connectivity index is 2.21. The summed E-state index contributed by atoms with van der Waals surface area (Å²) in [7, 11) is 0. The van der Waals surface area contributed by atoms with E-state index in [1.807, 2.05) is 13.0 Å². The van der Waals surface area contributed by atoms with Gasteiger partial charge in [-0.15, -0.1) is 0 Å². The number of anilines is 1. The smallest absolute Gasteiger partial charge is 0.0624 e. The van der Waals surface area contributed by atoms with Crippen molar-refractivity contribution in [2.75, 3.05) is 18.0 Å².